The second kappa shape index (κ2) is 13.2. The lowest BCUT2D eigenvalue weighted by Crippen LogP contribution is -2.57. The molecule has 212 valence electrons. The minimum Gasteiger partial charge on any atom is -0.487 e. The normalized spacial score (nSPS) is 15.0. The average molecular weight is 546 g/mol. The van der Waals surface area contributed by atoms with E-state index in [-0.39, 0.29) is 35.4 Å². The second-order valence-corrected chi connectivity index (χ2v) is 10.5. The van der Waals surface area contributed by atoms with Crippen LogP contribution in [-0.4, -0.2) is 55.6 Å². The SMILES string of the molecule is CCCCOc1c2n(c(COCC3CC3)cc1=O)N(C(c1ccccc1)c1ccccc1)CN(CCOC)C2=O. The zero-order valence-electron chi connectivity index (χ0n) is 23.5. The molecule has 1 aromatic heterocycles. The zero-order chi connectivity index (χ0) is 27.9. The highest BCUT2D eigenvalue weighted by molar-refractivity contribution is 5.96. The van der Waals surface area contributed by atoms with Crippen LogP contribution < -0.4 is 15.2 Å². The van der Waals surface area contributed by atoms with Crippen LogP contribution in [0.2, 0.25) is 0 Å². The van der Waals surface area contributed by atoms with Gasteiger partial charge in [-0.2, -0.15) is 0 Å². The quantitative estimate of drug-likeness (QED) is 0.273. The fraction of sp³-hybridized carbons (Fsp3) is 0.438. The lowest BCUT2D eigenvalue weighted by Gasteiger charge is -2.45. The van der Waals surface area contributed by atoms with Crippen molar-refractivity contribution in [3.8, 4) is 5.75 Å². The van der Waals surface area contributed by atoms with Crippen LogP contribution in [0.5, 0.6) is 5.75 Å². The predicted molar refractivity (Wildman–Crippen MR) is 154 cm³/mol. The number of carbonyl (C=O) groups is 1. The van der Waals surface area contributed by atoms with Crippen LogP contribution in [-0.2, 0) is 16.1 Å². The molecule has 1 saturated carbocycles. The molecule has 0 N–H and O–H groups in total. The third-order valence-electron chi connectivity index (χ3n) is 7.42. The summed E-state index contributed by atoms with van der Waals surface area (Å²) in [7, 11) is 1.62. The summed E-state index contributed by atoms with van der Waals surface area (Å²) in [5.41, 5.74) is 2.72. The molecule has 8 nitrogen and oxygen atoms in total. The van der Waals surface area contributed by atoms with Gasteiger partial charge in [0.2, 0.25) is 5.43 Å². The first-order valence-electron chi connectivity index (χ1n) is 14.3. The van der Waals surface area contributed by atoms with Crippen LogP contribution in [0.4, 0.5) is 0 Å². The Kier molecular flexibility index (Phi) is 9.19. The number of unbranched alkanes of at least 4 members (excludes halogenated alkanes) is 1. The van der Waals surface area contributed by atoms with Crippen LogP contribution in [0, 0.1) is 5.92 Å². The first kappa shape index (κ1) is 27.9. The van der Waals surface area contributed by atoms with Crippen molar-refractivity contribution in [2.24, 2.45) is 5.92 Å². The van der Waals surface area contributed by atoms with E-state index in [4.69, 9.17) is 14.2 Å². The zero-order valence-corrected chi connectivity index (χ0v) is 23.5. The molecule has 1 aliphatic carbocycles. The van der Waals surface area contributed by atoms with Crippen molar-refractivity contribution in [2.45, 2.75) is 45.3 Å². The smallest absolute Gasteiger partial charge is 0.277 e. The number of ether oxygens (including phenoxy) is 3. The maximum Gasteiger partial charge on any atom is 0.277 e. The highest BCUT2D eigenvalue weighted by atomic mass is 16.5. The Morgan fingerprint density at radius 2 is 1.62 bits per heavy atom. The van der Waals surface area contributed by atoms with E-state index in [9.17, 15) is 9.59 Å². The molecule has 0 radical (unpaired) electrons. The van der Waals surface area contributed by atoms with Gasteiger partial charge in [0.15, 0.2) is 11.4 Å². The van der Waals surface area contributed by atoms with Gasteiger partial charge in [-0.3, -0.25) is 14.6 Å². The average Bonchev–Trinajstić information content (AvgIpc) is 3.80. The summed E-state index contributed by atoms with van der Waals surface area (Å²) in [5, 5.41) is 2.15. The summed E-state index contributed by atoms with van der Waals surface area (Å²) in [6.07, 6.45) is 4.05. The summed E-state index contributed by atoms with van der Waals surface area (Å²) in [6, 6.07) is 21.8. The van der Waals surface area contributed by atoms with Crippen LogP contribution in [0.1, 0.15) is 66.0 Å². The summed E-state index contributed by atoms with van der Waals surface area (Å²) >= 11 is 0. The van der Waals surface area contributed by atoms with Gasteiger partial charge in [0.1, 0.15) is 6.67 Å². The molecular weight excluding hydrogens is 506 g/mol. The molecule has 1 aliphatic heterocycles. The van der Waals surface area contributed by atoms with E-state index in [1.807, 2.05) is 41.1 Å². The maximum absolute atomic E-state index is 14.1. The van der Waals surface area contributed by atoms with Gasteiger partial charge in [0, 0.05) is 26.3 Å². The minimum absolute atomic E-state index is 0.0939. The number of hydrogen-bond donors (Lipinski definition) is 0. The Morgan fingerprint density at radius 3 is 2.23 bits per heavy atom. The summed E-state index contributed by atoms with van der Waals surface area (Å²) < 4.78 is 19.4. The number of carbonyl (C=O) groups excluding carboxylic acids is 1. The van der Waals surface area contributed by atoms with Crippen LogP contribution >= 0.6 is 0 Å². The summed E-state index contributed by atoms with van der Waals surface area (Å²) in [5.74, 6) is 0.421. The number of nitrogens with zero attached hydrogens (tertiary/aromatic N) is 3. The molecule has 0 unspecified atom stereocenters. The second-order valence-electron chi connectivity index (χ2n) is 10.5. The first-order valence-corrected chi connectivity index (χ1v) is 14.3. The number of aromatic nitrogens is 1. The van der Waals surface area contributed by atoms with E-state index < -0.39 is 0 Å². The highest BCUT2D eigenvalue weighted by Crippen LogP contribution is 2.34. The maximum atomic E-state index is 14.1. The largest absolute Gasteiger partial charge is 0.487 e. The van der Waals surface area contributed by atoms with Gasteiger partial charge in [-0.25, -0.2) is 4.68 Å². The molecule has 0 saturated heterocycles. The third-order valence-corrected chi connectivity index (χ3v) is 7.42. The van der Waals surface area contributed by atoms with Crippen LogP contribution in [0.3, 0.4) is 0 Å². The molecule has 8 heteroatoms. The fourth-order valence-electron chi connectivity index (χ4n) is 5.12. The van der Waals surface area contributed by atoms with Crippen molar-refractivity contribution < 1.29 is 19.0 Å². The highest BCUT2D eigenvalue weighted by Gasteiger charge is 2.38. The Morgan fingerprint density at radius 1 is 0.950 bits per heavy atom. The lowest BCUT2D eigenvalue weighted by atomic mass is 9.98. The van der Waals surface area contributed by atoms with Crippen LogP contribution in [0.25, 0.3) is 0 Å². The predicted octanol–water partition coefficient (Wildman–Crippen LogP) is 4.74. The molecule has 40 heavy (non-hydrogen) atoms. The van der Waals surface area contributed by atoms with E-state index in [1.54, 1.807) is 18.1 Å². The summed E-state index contributed by atoms with van der Waals surface area (Å²) in [4.78, 5) is 29.3. The topological polar surface area (TPSA) is 73.2 Å². The van der Waals surface area contributed by atoms with Crippen LogP contribution in [0.15, 0.2) is 71.5 Å². The van der Waals surface area contributed by atoms with Gasteiger partial charge in [-0.15, -0.1) is 0 Å². The van der Waals surface area contributed by atoms with Crippen molar-refractivity contribution in [1.82, 2.24) is 9.58 Å². The molecule has 1 amide bonds. The van der Waals surface area contributed by atoms with Gasteiger partial charge in [-0.05, 0) is 36.3 Å². The Hall–Kier alpha value is -3.62. The van der Waals surface area contributed by atoms with Crippen molar-refractivity contribution in [3.05, 3.63) is 99.5 Å². The van der Waals surface area contributed by atoms with E-state index in [0.29, 0.717) is 44.6 Å². The Labute approximate surface area is 236 Å². The van der Waals surface area contributed by atoms with E-state index in [0.717, 1.165) is 24.0 Å². The van der Waals surface area contributed by atoms with Gasteiger partial charge >= 0.3 is 0 Å². The Bertz CT molecular complexity index is 1280. The van der Waals surface area contributed by atoms with E-state index in [2.05, 4.69) is 36.2 Å². The van der Waals surface area contributed by atoms with Crippen molar-refractivity contribution in [2.75, 3.05) is 45.2 Å². The molecule has 5 rings (SSSR count). The van der Waals surface area contributed by atoms with Gasteiger partial charge in [0.25, 0.3) is 5.91 Å². The van der Waals surface area contributed by atoms with Gasteiger partial charge in [0.05, 0.1) is 31.6 Å². The molecule has 2 heterocycles. The standard InChI is InChI=1S/C32H39N3O5/c1-3-4-18-40-31-28(36)20-27(22-39-21-24-15-16-24)35-30(31)32(37)33(17-19-38-2)23-34(35)29(25-11-7-5-8-12-25)26-13-9-6-10-14-26/h5-14,20,24,29H,3-4,15-19,21-23H2,1-2H3. The fourth-order valence-corrected chi connectivity index (χ4v) is 5.12. The monoisotopic (exact) mass is 545 g/mol. The van der Waals surface area contributed by atoms with Crippen molar-refractivity contribution >= 4 is 5.91 Å². The number of fused-ring (bicyclic) bond motifs is 1. The molecule has 2 aromatic carbocycles. The number of pyridine rings is 1. The number of rotatable bonds is 14. The molecule has 0 bridgehead atoms. The molecule has 3 aromatic rings. The molecular formula is C32H39N3O5. The van der Waals surface area contributed by atoms with Gasteiger partial charge < -0.3 is 19.1 Å². The van der Waals surface area contributed by atoms with E-state index >= 15 is 0 Å². The minimum atomic E-state index is -0.301. The van der Waals surface area contributed by atoms with Crippen molar-refractivity contribution in [3.63, 3.8) is 0 Å². The molecule has 0 spiro atoms. The molecule has 1 fully saturated rings. The van der Waals surface area contributed by atoms with Gasteiger partial charge in [-0.1, -0.05) is 74.0 Å². The number of hydrogen-bond acceptors (Lipinski definition) is 6. The third kappa shape index (κ3) is 6.24. The Balaban J connectivity index is 1.69. The number of benzene rings is 2. The van der Waals surface area contributed by atoms with Crippen molar-refractivity contribution in [1.29, 1.82) is 0 Å². The first-order chi connectivity index (χ1) is 19.6. The number of methoxy groups -OCH3 is 1. The molecule has 2 aliphatic rings. The number of amides is 1. The van der Waals surface area contributed by atoms with E-state index in [1.165, 1.54) is 12.8 Å². The molecule has 0 atom stereocenters. The summed E-state index contributed by atoms with van der Waals surface area (Å²) in [6.45, 7) is 4.36. The lowest BCUT2D eigenvalue weighted by molar-refractivity contribution is 0.0593.